The van der Waals surface area contributed by atoms with Crippen molar-refractivity contribution in [2.45, 2.75) is 84.2 Å². The molecule has 0 spiro atoms. The van der Waals surface area contributed by atoms with Gasteiger partial charge in [0, 0.05) is 13.0 Å². The van der Waals surface area contributed by atoms with Crippen molar-refractivity contribution in [3.05, 3.63) is 23.3 Å². The van der Waals surface area contributed by atoms with E-state index in [-0.39, 0.29) is 30.1 Å². The molecule has 2 unspecified atom stereocenters. The van der Waals surface area contributed by atoms with Crippen molar-refractivity contribution in [3.8, 4) is 11.5 Å². The van der Waals surface area contributed by atoms with Gasteiger partial charge in [-0.05, 0) is 57.1 Å². The molecule has 0 aromatic heterocycles. The molecule has 0 amide bonds. The molecule has 4 nitrogen and oxygen atoms in total. The Morgan fingerprint density at radius 1 is 1.21 bits per heavy atom. The molecule has 0 saturated carbocycles. The van der Waals surface area contributed by atoms with Gasteiger partial charge in [0.25, 0.3) is 6.43 Å². The minimum Gasteiger partial charge on any atom is -0.507 e. The number of halogens is 2. The van der Waals surface area contributed by atoms with E-state index in [2.05, 4.69) is 6.92 Å². The fraction of sp³-hybridized carbons (Fsp3) is 0.696. The number of Topliss-reactive ketones (excluding diaryl/α,β-unsaturated/α-hetero) is 1. The van der Waals surface area contributed by atoms with Gasteiger partial charge >= 0.3 is 0 Å². The van der Waals surface area contributed by atoms with Crippen LogP contribution in [0, 0.1) is 5.92 Å². The predicted molar refractivity (Wildman–Crippen MR) is 109 cm³/mol. The summed E-state index contributed by atoms with van der Waals surface area (Å²) < 4.78 is 37.7. The lowest BCUT2D eigenvalue weighted by Gasteiger charge is -2.29. The van der Waals surface area contributed by atoms with Crippen molar-refractivity contribution < 1.29 is 28.2 Å². The number of aromatic hydroxyl groups is 1. The predicted octanol–water partition coefficient (Wildman–Crippen LogP) is 6.46. The summed E-state index contributed by atoms with van der Waals surface area (Å²) >= 11 is 0. The van der Waals surface area contributed by atoms with Crippen LogP contribution in [0.5, 0.6) is 11.5 Å². The van der Waals surface area contributed by atoms with Crippen molar-refractivity contribution in [1.82, 2.24) is 0 Å². The van der Waals surface area contributed by atoms with Crippen molar-refractivity contribution in [2.24, 2.45) is 5.92 Å². The Hall–Kier alpha value is -1.69. The number of alkyl halides is 2. The number of benzene rings is 1. The van der Waals surface area contributed by atoms with Gasteiger partial charge in [-0.15, -0.1) is 0 Å². The number of unbranched alkanes of at least 4 members (excludes halogenated alkanes) is 2. The van der Waals surface area contributed by atoms with Crippen molar-refractivity contribution >= 4 is 5.78 Å². The number of hydrogen-bond acceptors (Lipinski definition) is 4. The van der Waals surface area contributed by atoms with Gasteiger partial charge in [-0.1, -0.05) is 26.2 Å². The number of carbonyl (C=O) groups excluding carboxylic acids is 1. The molecule has 29 heavy (non-hydrogen) atoms. The summed E-state index contributed by atoms with van der Waals surface area (Å²) in [6.45, 7) is 4.80. The highest BCUT2D eigenvalue weighted by Gasteiger charge is 2.25. The molecule has 1 aliphatic rings. The molecule has 164 valence electrons. The third-order valence-electron chi connectivity index (χ3n) is 5.61. The lowest BCUT2D eigenvalue weighted by atomic mass is 9.91. The standard InChI is InChI=1S/C23H34F2O4/c1-3-5-6-9-17-12-11-16(15-29-17)8-7-10-19(26)18-13-14-20(28-4-2)21(22(18)27)23(24)25/h13-14,16-17,23,27H,3-12,15H2,1-2H3. The van der Waals surface area contributed by atoms with E-state index in [1.54, 1.807) is 6.92 Å². The maximum atomic E-state index is 13.3. The number of carbonyl (C=O) groups is 1. The first-order chi connectivity index (χ1) is 14.0. The van der Waals surface area contributed by atoms with E-state index < -0.39 is 17.7 Å². The van der Waals surface area contributed by atoms with Crippen LogP contribution in [0.15, 0.2) is 12.1 Å². The first kappa shape index (κ1) is 23.6. The van der Waals surface area contributed by atoms with Gasteiger partial charge < -0.3 is 14.6 Å². The molecule has 1 fully saturated rings. The Bertz CT molecular complexity index is 640. The number of phenols is 1. The largest absolute Gasteiger partial charge is 0.507 e. The third-order valence-corrected chi connectivity index (χ3v) is 5.61. The number of hydrogen-bond donors (Lipinski definition) is 1. The number of phenolic OH excluding ortho intramolecular Hbond substituents is 1. The number of rotatable bonds is 12. The van der Waals surface area contributed by atoms with Gasteiger partial charge in [0.15, 0.2) is 5.78 Å². The Labute approximate surface area is 172 Å². The SMILES string of the molecule is CCCCCC1CCC(CCCC(=O)c2ccc(OCC)c(C(F)F)c2O)CO1. The maximum Gasteiger partial charge on any atom is 0.271 e. The first-order valence-electron chi connectivity index (χ1n) is 10.9. The second-order valence-corrected chi connectivity index (χ2v) is 7.82. The van der Waals surface area contributed by atoms with Crippen LogP contribution in [-0.2, 0) is 4.74 Å². The van der Waals surface area contributed by atoms with Crippen LogP contribution in [-0.4, -0.2) is 30.2 Å². The summed E-state index contributed by atoms with van der Waals surface area (Å²) in [7, 11) is 0. The highest BCUT2D eigenvalue weighted by atomic mass is 19.3. The molecule has 1 saturated heterocycles. The summed E-state index contributed by atoms with van der Waals surface area (Å²) in [6.07, 6.45) is 6.19. The zero-order chi connectivity index (χ0) is 21.2. The highest BCUT2D eigenvalue weighted by molar-refractivity contribution is 5.99. The molecule has 1 aliphatic heterocycles. The smallest absolute Gasteiger partial charge is 0.271 e. The van der Waals surface area contributed by atoms with Gasteiger partial charge in [-0.3, -0.25) is 4.79 Å². The van der Waals surface area contributed by atoms with Crippen LogP contribution in [0.3, 0.4) is 0 Å². The Kier molecular flexibility index (Phi) is 9.85. The Morgan fingerprint density at radius 2 is 2.00 bits per heavy atom. The summed E-state index contributed by atoms with van der Waals surface area (Å²) in [5.41, 5.74) is -0.660. The Morgan fingerprint density at radius 3 is 2.62 bits per heavy atom. The molecular formula is C23H34F2O4. The molecule has 1 aromatic rings. The zero-order valence-corrected chi connectivity index (χ0v) is 17.6. The Balaban J connectivity index is 1.82. The van der Waals surface area contributed by atoms with Gasteiger partial charge in [0.1, 0.15) is 17.1 Å². The molecule has 1 aromatic carbocycles. The molecule has 1 heterocycles. The van der Waals surface area contributed by atoms with E-state index >= 15 is 0 Å². The first-order valence-corrected chi connectivity index (χ1v) is 10.9. The lowest BCUT2D eigenvalue weighted by molar-refractivity contribution is -0.0231. The molecule has 1 N–H and O–H groups in total. The van der Waals surface area contributed by atoms with Crippen LogP contribution in [0.1, 0.15) is 94.0 Å². The molecular weight excluding hydrogens is 378 g/mol. The maximum absolute atomic E-state index is 13.3. The van der Waals surface area contributed by atoms with Crippen LogP contribution >= 0.6 is 0 Å². The summed E-state index contributed by atoms with van der Waals surface area (Å²) in [4.78, 5) is 12.5. The lowest BCUT2D eigenvalue weighted by Crippen LogP contribution is -2.26. The van der Waals surface area contributed by atoms with Crippen molar-refractivity contribution in [1.29, 1.82) is 0 Å². The monoisotopic (exact) mass is 412 g/mol. The normalized spacial score (nSPS) is 19.5. The molecule has 0 bridgehead atoms. The summed E-state index contributed by atoms with van der Waals surface area (Å²) in [6, 6.07) is 2.71. The summed E-state index contributed by atoms with van der Waals surface area (Å²) in [5.74, 6) is -0.617. The topological polar surface area (TPSA) is 55.8 Å². The molecule has 0 radical (unpaired) electrons. The third kappa shape index (κ3) is 6.95. The second-order valence-electron chi connectivity index (χ2n) is 7.82. The minimum atomic E-state index is -2.91. The summed E-state index contributed by atoms with van der Waals surface area (Å²) in [5, 5.41) is 10.2. The van der Waals surface area contributed by atoms with Gasteiger partial charge in [-0.25, -0.2) is 8.78 Å². The van der Waals surface area contributed by atoms with E-state index in [1.165, 1.54) is 31.4 Å². The van der Waals surface area contributed by atoms with Gasteiger partial charge in [0.2, 0.25) is 0 Å². The highest BCUT2D eigenvalue weighted by Crippen LogP contribution is 2.39. The molecule has 0 aliphatic carbocycles. The molecule has 2 rings (SSSR count). The van der Waals surface area contributed by atoms with Gasteiger partial charge in [0.05, 0.1) is 18.3 Å². The molecule has 6 heteroatoms. The number of ketones is 1. The minimum absolute atomic E-state index is 0.0559. The second kappa shape index (κ2) is 12.1. The zero-order valence-electron chi connectivity index (χ0n) is 17.6. The van der Waals surface area contributed by atoms with E-state index in [4.69, 9.17) is 9.47 Å². The average molecular weight is 413 g/mol. The average Bonchev–Trinajstić information content (AvgIpc) is 2.69. The van der Waals surface area contributed by atoms with Crippen molar-refractivity contribution in [2.75, 3.05) is 13.2 Å². The fourth-order valence-corrected chi connectivity index (χ4v) is 3.93. The van der Waals surface area contributed by atoms with E-state index in [1.807, 2.05) is 0 Å². The van der Waals surface area contributed by atoms with E-state index in [0.29, 0.717) is 18.4 Å². The van der Waals surface area contributed by atoms with Gasteiger partial charge in [-0.2, -0.15) is 0 Å². The van der Waals surface area contributed by atoms with Crippen LogP contribution in [0.25, 0.3) is 0 Å². The number of ether oxygens (including phenoxy) is 2. The van der Waals surface area contributed by atoms with E-state index in [0.717, 1.165) is 32.3 Å². The fourth-order valence-electron chi connectivity index (χ4n) is 3.93. The van der Waals surface area contributed by atoms with Crippen LogP contribution in [0.4, 0.5) is 8.78 Å². The van der Waals surface area contributed by atoms with Crippen LogP contribution in [0.2, 0.25) is 0 Å². The van der Waals surface area contributed by atoms with Crippen molar-refractivity contribution in [3.63, 3.8) is 0 Å². The quantitative estimate of drug-likeness (QED) is 0.316. The molecule has 2 atom stereocenters. The van der Waals surface area contributed by atoms with E-state index in [9.17, 15) is 18.7 Å². The van der Waals surface area contributed by atoms with Crippen LogP contribution < -0.4 is 4.74 Å².